The lowest BCUT2D eigenvalue weighted by molar-refractivity contribution is -0.119. The van der Waals surface area contributed by atoms with Crippen molar-refractivity contribution in [1.29, 1.82) is 0 Å². The van der Waals surface area contributed by atoms with Crippen LogP contribution in [0.25, 0.3) is 0 Å². The molecule has 2 aromatic carbocycles. The molecular weight excluding hydrogens is 288 g/mol. The maximum atomic E-state index is 11.7. The van der Waals surface area contributed by atoms with Gasteiger partial charge in [0.05, 0.1) is 12.8 Å². The van der Waals surface area contributed by atoms with E-state index in [1.54, 1.807) is 6.21 Å². The van der Waals surface area contributed by atoms with Crippen LogP contribution in [0, 0.1) is 6.92 Å². The van der Waals surface area contributed by atoms with Crippen LogP contribution in [0.2, 0.25) is 0 Å². The summed E-state index contributed by atoms with van der Waals surface area (Å²) in [4.78, 5) is 13.8. The first kappa shape index (κ1) is 16.5. The van der Waals surface area contributed by atoms with Gasteiger partial charge in [-0.3, -0.25) is 4.79 Å². The van der Waals surface area contributed by atoms with E-state index < -0.39 is 0 Å². The zero-order valence-electron chi connectivity index (χ0n) is 13.7. The van der Waals surface area contributed by atoms with Gasteiger partial charge in [0.1, 0.15) is 0 Å². The van der Waals surface area contributed by atoms with E-state index in [4.69, 9.17) is 0 Å². The van der Waals surface area contributed by atoms with Gasteiger partial charge in [-0.15, -0.1) is 0 Å². The number of amides is 1. The summed E-state index contributed by atoms with van der Waals surface area (Å²) in [5, 5.41) is 7.03. The van der Waals surface area contributed by atoms with E-state index in [2.05, 4.69) is 15.8 Å². The van der Waals surface area contributed by atoms with E-state index in [0.717, 1.165) is 22.5 Å². The molecule has 0 aliphatic heterocycles. The fourth-order valence-corrected chi connectivity index (χ4v) is 2.01. The van der Waals surface area contributed by atoms with E-state index in [1.807, 2.05) is 74.4 Å². The van der Waals surface area contributed by atoms with Crippen molar-refractivity contribution in [2.24, 2.45) is 5.10 Å². The van der Waals surface area contributed by atoms with Gasteiger partial charge < -0.3 is 10.2 Å². The molecule has 2 aromatic rings. The summed E-state index contributed by atoms with van der Waals surface area (Å²) in [6, 6.07) is 15.8. The molecule has 0 bridgehead atoms. The highest BCUT2D eigenvalue weighted by Gasteiger charge is 1.99. The largest absolute Gasteiger partial charge is 0.378 e. The Bertz CT molecular complexity index is 678. The lowest BCUT2D eigenvalue weighted by atomic mass is 10.2. The average Bonchev–Trinajstić information content (AvgIpc) is 2.53. The van der Waals surface area contributed by atoms with Crippen LogP contribution in [0.4, 0.5) is 11.4 Å². The normalized spacial score (nSPS) is 10.6. The summed E-state index contributed by atoms with van der Waals surface area (Å²) in [5.74, 6) is -0.187. The number of nitrogens with zero attached hydrogens (tertiary/aromatic N) is 2. The summed E-state index contributed by atoms with van der Waals surface area (Å²) in [7, 11) is 3.98. The van der Waals surface area contributed by atoms with Crippen molar-refractivity contribution in [3.8, 4) is 0 Å². The summed E-state index contributed by atoms with van der Waals surface area (Å²) >= 11 is 0. The highest BCUT2D eigenvalue weighted by molar-refractivity contribution is 5.84. The van der Waals surface area contributed by atoms with E-state index in [0.29, 0.717) is 0 Å². The third-order valence-electron chi connectivity index (χ3n) is 3.28. The quantitative estimate of drug-likeness (QED) is 0.637. The van der Waals surface area contributed by atoms with Crippen LogP contribution in [0.5, 0.6) is 0 Å². The van der Waals surface area contributed by atoms with Gasteiger partial charge in [-0.2, -0.15) is 5.10 Å². The van der Waals surface area contributed by atoms with Gasteiger partial charge >= 0.3 is 0 Å². The molecule has 5 nitrogen and oxygen atoms in total. The molecule has 120 valence electrons. The van der Waals surface area contributed by atoms with Crippen LogP contribution in [-0.2, 0) is 4.79 Å². The molecular formula is C18H22N4O. The van der Waals surface area contributed by atoms with Crippen molar-refractivity contribution >= 4 is 23.5 Å². The zero-order valence-corrected chi connectivity index (χ0v) is 13.7. The van der Waals surface area contributed by atoms with Crippen molar-refractivity contribution in [1.82, 2.24) is 5.43 Å². The van der Waals surface area contributed by atoms with Crippen LogP contribution in [0.1, 0.15) is 11.1 Å². The number of carbonyl (C=O) groups excluding carboxylic acids is 1. The number of hydrogen-bond acceptors (Lipinski definition) is 4. The van der Waals surface area contributed by atoms with Gasteiger partial charge in [0, 0.05) is 25.5 Å². The van der Waals surface area contributed by atoms with E-state index in [1.165, 1.54) is 0 Å². The number of carbonyl (C=O) groups is 1. The Morgan fingerprint density at radius 2 is 1.91 bits per heavy atom. The van der Waals surface area contributed by atoms with Gasteiger partial charge in [0.15, 0.2) is 0 Å². The highest BCUT2D eigenvalue weighted by Crippen LogP contribution is 2.11. The Hall–Kier alpha value is -2.82. The van der Waals surface area contributed by atoms with Gasteiger partial charge in [-0.1, -0.05) is 24.3 Å². The van der Waals surface area contributed by atoms with Crippen LogP contribution in [-0.4, -0.2) is 32.8 Å². The molecule has 0 radical (unpaired) electrons. The van der Waals surface area contributed by atoms with E-state index >= 15 is 0 Å². The monoisotopic (exact) mass is 310 g/mol. The Morgan fingerprint density at radius 1 is 1.17 bits per heavy atom. The Balaban J connectivity index is 1.79. The molecule has 5 heteroatoms. The second-order valence-corrected chi connectivity index (χ2v) is 5.50. The number of aryl methyl sites for hydroxylation is 1. The maximum absolute atomic E-state index is 11.7. The molecule has 0 unspecified atom stereocenters. The predicted molar refractivity (Wildman–Crippen MR) is 96.2 cm³/mol. The second-order valence-electron chi connectivity index (χ2n) is 5.50. The molecule has 1 amide bonds. The van der Waals surface area contributed by atoms with Crippen molar-refractivity contribution in [2.45, 2.75) is 6.92 Å². The molecule has 0 heterocycles. The summed E-state index contributed by atoms with van der Waals surface area (Å²) in [6.45, 7) is 2.19. The number of hydrogen-bond donors (Lipinski definition) is 2. The van der Waals surface area contributed by atoms with Gasteiger partial charge in [0.25, 0.3) is 5.91 Å². The molecule has 0 aromatic heterocycles. The van der Waals surface area contributed by atoms with Crippen LogP contribution < -0.4 is 15.6 Å². The maximum Gasteiger partial charge on any atom is 0.259 e. The fraction of sp³-hybridized carbons (Fsp3) is 0.222. The summed E-state index contributed by atoms with van der Waals surface area (Å²) in [5.41, 5.74) is 6.63. The van der Waals surface area contributed by atoms with Gasteiger partial charge in [-0.05, 0) is 42.3 Å². The number of anilines is 2. The standard InChI is InChI=1S/C18H22N4O/c1-14-5-4-6-16(11-14)19-13-18(23)21-20-12-15-7-9-17(10-8-15)22(2)3/h4-12,19H,13H2,1-3H3,(H,21,23)/b20-12-. The molecule has 0 fully saturated rings. The van der Waals surface area contributed by atoms with Crippen LogP contribution in [0.3, 0.4) is 0 Å². The number of hydrazone groups is 1. The molecule has 0 saturated heterocycles. The predicted octanol–water partition coefficient (Wildman–Crippen LogP) is 2.62. The molecule has 23 heavy (non-hydrogen) atoms. The highest BCUT2D eigenvalue weighted by atomic mass is 16.2. The van der Waals surface area contributed by atoms with Crippen LogP contribution in [0.15, 0.2) is 53.6 Å². The number of benzene rings is 2. The van der Waals surface area contributed by atoms with Gasteiger partial charge in [0.2, 0.25) is 0 Å². The number of nitrogens with one attached hydrogen (secondary N) is 2. The number of rotatable bonds is 6. The molecule has 2 rings (SSSR count). The van der Waals surface area contributed by atoms with E-state index in [9.17, 15) is 4.79 Å². The van der Waals surface area contributed by atoms with E-state index in [-0.39, 0.29) is 12.5 Å². The van der Waals surface area contributed by atoms with Crippen molar-refractivity contribution in [3.05, 3.63) is 59.7 Å². The van der Waals surface area contributed by atoms with Gasteiger partial charge in [-0.25, -0.2) is 5.43 Å². The van der Waals surface area contributed by atoms with Crippen LogP contribution >= 0.6 is 0 Å². The molecule has 0 aliphatic carbocycles. The Morgan fingerprint density at radius 3 is 2.57 bits per heavy atom. The van der Waals surface area contributed by atoms with Crippen molar-refractivity contribution in [3.63, 3.8) is 0 Å². The smallest absolute Gasteiger partial charge is 0.259 e. The molecule has 0 spiro atoms. The lowest BCUT2D eigenvalue weighted by Crippen LogP contribution is -2.25. The minimum Gasteiger partial charge on any atom is -0.378 e. The summed E-state index contributed by atoms with van der Waals surface area (Å²) in [6.07, 6.45) is 1.63. The Labute approximate surface area is 137 Å². The average molecular weight is 310 g/mol. The van der Waals surface area contributed by atoms with Crippen molar-refractivity contribution < 1.29 is 4.79 Å². The lowest BCUT2D eigenvalue weighted by Gasteiger charge is -2.11. The third-order valence-corrected chi connectivity index (χ3v) is 3.28. The third kappa shape index (κ3) is 5.47. The van der Waals surface area contributed by atoms with Crippen molar-refractivity contribution in [2.75, 3.05) is 30.9 Å². The first-order chi connectivity index (χ1) is 11.0. The molecule has 2 N–H and O–H groups in total. The first-order valence-electron chi connectivity index (χ1n) is 7.44. The zero-order chi connectivity index (χ0) is 16.7. The minimum atomic E-state index is -0.187. The molecule has 0 atom stereocenters. The second kappa shape index (κ2) is 7.98. The topological polar surface area (TPSA) is 56.7 Å². The fourth-order valence-electron chi connectivity index (χ4n) is 2.01. The summed E-state index contributed by atoms with van der Waals surface area (Å²) < 4.78 is 0. The molecule has 0 aliphatic rings. The molecule has 0 saturated carbocycles. The Kier molecular flexibility index (Phi) is 5.74. The SMILES string of the molecule is Cc1cccc(NCC(=O)N/N=C\c2ccc(N(C)C)cc2)c1. The first-order valence-corrected chi connectivity index (χ1v) is 7.44. The minimum absolute atomic E-state index is 0.181.